The highest BCUT2D eigenvalue weighted by Crippen LogP contribution is 2.35. The molecule has 88 valence electrons. The number of nitrogens with two attached hydrogens (primary N) is 1. The molecule has 1 atom stereocenters. The molecule has 2 heterocycles. The maximum atomic E-state index is 11.7. The van der Waals surface area contributed by atoms with Gasteiger partial charge in [0, 0.05) is 0 Å². The largest absolute Gasteiger partial charge is 0.498 e. The molecule has 1 fully saturated rings. The highest BCUT2D eigenvalue weighted by atomic mass is 32.2. The molecule has 2 aliphatic rings. The molecule has 2 rings (SSSR count). The first-order valence-corrected chi connectivity index (χ1v) is 6.20. The van der Waals surface area contributed by atoms with Gasteiger partial charge in [-0.15, -0.1) is 0 Å². The normalized spacial score (nSPS) is 27.2. The summed E-state index contributed by atoms with van der Waals surface area (Å²) in [6, 6.07) is 0. The Kier molecular flexibility index (Phi) is 2.19. The number of carbonyl (C=O) groups is 2. The van der Waals surface area contributed by atoms with Gasteiger partial charge in [0.2, 0.25) is 5.91 Å². The predicted molar refractivity (Wildman–Crippen MR) is 52.3 cm³/mol. The standard InChI is InChI=1S/C8H10N2O5S/c1-15-4-3-16(13,14)6-2-5(11)10(6)7(4)8(9)12/h6H,2-3H2,1H3,(H2,9,12). The average molecular weight is 246 g/mol. The molecule has 0 radical (unpaired) electrons. The number of fused-ring (bicyclic) bond motifs is 1. The van der Waals surface area contributed by atoms with Crippen LogP contribution >= 0.6 is 0 Å². The van der Waals surface area contributed by atoms with Crippen LogP contribution in [0.2, 0.25) is 0 Å². The topological polar surface area (TPSA) is 107 Å². The molecule has 0 aliphatic carbocycles. The van der Waals surface area contributed by atoms with Gasteiger partial charge in [0.1, 0.15) is 22.6 Å². The van der Waals surface area contributed by atoms with Crippen molar-refractivity contribution in [2.75, 3.05) is 12.9 Å². The number of methoxy groups -OCH3 is 1. The Bertz CT molecular complexity index is 507. The third-order valence-corrected chi connectivity index (χ3v) is 4.51. The molecule has 1 unspecified atom stereocenters. The molecular formula is C8H10N2O5S. The minimum Gasteiger partial charge on any atom is -0.498 e. The van der Waals surface area contributed by atoms with Gasteiger partial charge in [-0.05, 0) is 0 Å². The van der Waals surface area contributed by atoms with E-state index in [2.05, 4.69) is 0 Å². The molecule has 8 heteroatoms. The molecular weight excluding hydrogens is 236 g/mol. The van der Waals surface area contributed by atoms with Crippen molar-refractivity contribution in [2.45, 2.75) is 11.8 Å². The van der Waals surface area contributed by atoms with Gasteiger partial charge in [-0.2, -0.15) is 0 Å². The lowest BCUT2D eigenvalue weighted by Crippen LogP contribution is -2.61. The molecule has 0 bridgehead atoms. The molecule has 2 aliphatic heterocycles. The highest BCUT2D eigenvalue weighted by molar-refractivity contribution is 7.92. The summed E-state index contributed by atoms with van der Waals surface area (Å²) in [7, 11) is -2.24. The first-order valence-electron chi connectivity index (χ1n) is 4.49. The highest BCUT2D eigenvalue weighted by Gasteiger charge is 2.52. The van der Waals surface area contributed by atoms with Crippen molar-refractivity contribution >= 4 is 21.7 Å². The van der Waals surface area contributed by atoms with Crippen LogP contribution in [0.15, 0.2) is 11.5 Å². The second-order valence-electron chi connectivity index (χ2n) is 3.57. The second kappa shape index (κ2) is 3.21. The van der Waals surface area contributed by atoms with Crippen molar-refractivity contribution in [3.05, 3.63) is 11.5 Å². The Labute approximate surface area is 91.8 Å². The fraction of sp³-hybridized carbons (Fsp3) is 0.500. The first-order chi connectivity index (χ1) is 7.38. The number of sulfone groups is 1. The average Bonchev–Trinajstić information content (AvgIpc) is 2.17. The Balaban J connectivity index is 2.57. The Hall–Kier alpha value is -1.57. The third-order valence-electron chi connectivity index (χ3n) is 2.64. The molecule has 1 saturated heterocycles. The van der Waals surface area contributed by atoms with E-state index in [0.29, 0.717) is 0 Å². The molecule has 0 spiro atoms. The van der Waals surface area contributed by atoms with Crippen LogP contribution in [0.1, 0.15) is 6.42 Å². The van der Waals surface area contributed by atoms with E-state index in [9.17, 15) is 18.0 Å². The minimum absolute atomic E-state index is 0.0724. The number of hydrogen-bond acceptors (Lipinski definition) is 5. The first kappa shape index (κ1) is 10.9. The summed E-state index contributed by atoms with van der Waals surface area (Å²) in [6.45, 7) is 0. The lowest BCUT2D eigenvalue weighted by atomic mass is 10.1. The van der Waals surface area contributed by atoms with E-state index in [0.717, 1.165) is 4.90 Å². The molecule has 0 saturated carbocycles. The number of β-lactam (4-membered cyclic amide) rings is 1. The number of rotatable bonds is 2. The Morgan fingerprint density at radius 3 is 2.62 bits per heavy atom. The minimum atomic E-state index is -3.47. The van der Waals surface area contributed by atoms with E-state index >= 15 is 0 Å². The lowest BCUT2D eigenvalue weighted by Gasteiger charge is -2.43. The molecule has 0 aromatic rings. The van der Waals surface area contributed by atoms with Crippen LogP contribution in [-0.4, -0.2) is 43.4 Å². The van der Waals surface area contributed by atoms with E-state index in [1.54, 1.807) is 0 Å². The number of nitrogens with zero attached hydrogens (tertiary/aromatic N) is 1. The van der Waals surface area contributed by atoms with Crippen LogP contribution in [0.3, 0.4) is 0 Å². The quantitative estimate of drug-likeness (QED) is 0.585. The fourth-order valence-corrected chi connectivity index (χ4v) is 3.59. The number of hydrogen-bond donors (Lipinski definition) is 1. The van der Waals surface area contributed by atoms with Crippen molar-refractivity contribution in [1.82, 2.24) is 4.90 Å². The van der Waals surface area contributed by atoms with Gasteiger partial charge in [-0.25, -0.2) is 8.42 Å². The van der Waals surface area contributed by atoms with Crippen LogP contribution in [-0.2, 0) is 24.2 Å². The summed E-state index contributed by atoms with van der Waals surface area (Å²) in [6.07, 6.45) is -0.101. The van der Waals surface area contributed by atoms with Gasteiger partial charge < -0.3 is 10.5 Å². The molecule has 0 aromatic heterocycles. The number of primary amides is 1. The summed E-state index contributed by atoms with van der Waals surface area (Å²) in [5.74, 6) is -1.76. The molecule has 16 heavy (non-hydrogen) atoms. The van der Waals surface area contributed by atoms with Crippen LogP contribution in [0.25, 0.3) is 0 Å². The van der Waals surface area contributed by atoms with Crippen LogP contribution in [0.5, 0.6) is 0 Å². The van der Waals surface area contributed by atoms with Crippen LogP contribution < -0.4 is 5.73 Å². The zero-order chi connectivity index (χ0) is 12.1. The van der Waals surface area contributed by atoms with E-state index in [4.69, 9.17) is 10.5 Å². The fourth-order valence-electron chi connectivity index (χ4n) is 1.84. The zero-order valence-electron chi connectivity index (χ0n) is 8.47. The van der Waals surface area contributed by atoms with Crippen molar-refractivity contribution in [3.8, 4) is 0 Å². The summed E-state index contributed by atoms with van der Waals surface area (Å²) in [4.78, 5) is 23.4. The van der Waals surface area contributed by atoms with Gasteiger partial charge in [-0.1, -0.05) is 0 Å². The van der Waals surface area contributed by atoms with Crippen molar-refractivity contribution in [1.29, 1.82) is 0 Å². The summed E-state index contributed by atoms with van der Waals surface area (Å²) < 4.78 is 28.1. The van der Waals surface area contributed by atoms with Crippen LogP contribution in [0, 0.1) is 0 Å². The predicted octanol–water partition coefficient (Wildman–Crippen LogP) is -1.68. The van der Waals surface area contributed by atoms with Gasteiger partial charge in [0.05, 0.1) is 13.5 Å². The summed E-state index contributed by atoms with van der Waals surface area (Å²) in [5, 5.41) is -0.957. The van der Waals surface area contributed by atoms with Crippen molar-refractivity contribution in [3.63, 3.8) is 0 Å². The van der Waals surface area contributed by atoms with Crippen molar-refractivity contribution in [2.24, 2.45) is 5.73 Å². The van der Waals surface area contributed by atoms with E-state index in [-0.39, 0.29) is 17.9 Å². The maximum Gasteiger partial charge on any atom is 0.269 e. The Morgan fingerprint density at radius 2 is 2.19 bits per heavy atom. The van der Waals surface area contributed by atoms with Gasteiger partial charge in [-0.3, -0.25) is 14.5 Å². The third kappa shape index (κ3) is 1.29. The monoisotopic (exact) mass is 246 g/mol. The Morgan fingerprint density at radius 1 is 1.56 bits per heavy atom. The zero-order valence-corrected chi connectivity index (χ0v) is 9.28. The molecule has 2 N–H and O–H groups in total. The number of amides is 2. The van der Waals surface area contributed by atoms with Gasteiger partial charge >= 0.3 is 0 Å². The number of ether oxygens (including phenoxy) is 1. The summed E-state index contributed by atoms with van der Waals surface area (Å²) in [5.41, 5.74) is 4.96. The van der Waals surface area contributed by atoms with E-state index < -0.39 is 32.8 Å². The second-order valence-corrected chi connectivity index (χ2v) is 5.73. The van der Waals surface area contributed by atoms with E-state index in [1.807, 2.05) is 0 Å². The van der Waals surface area contributed by atoms with Crippen molar-refractivity contribution < 1.29 is 22.7 Å². The summed E-state index contributed by atoms with van der Waals surface area (Å²) >= 11 is 0. The maximum absolute atomic E-state index is 11.7. The van der Waals surface area contributed by atoms with E-state index in [1.165, 1.54) is 7.11 Å². The van der Waals surface area contributed by atoms with Gasteiger partial charge in [0.15, 0.2) is 9.84 Å². The molecule has 0 aromatic carbocycles. The number of carbonyl (C=O) groups excluding carboxylic acids is 2. The molecule has 2 amide bonds. The van der Waals surface area contributed by atoms with Crippen LogP contribution in [0.4, 0.5) is 0 Å². The lowest BCUT2D eigenvalue weighted by molar-refractivity contribution is -0.141. The SMILES string of the molecule is COC1=C(C(N)=O)N2C(=O)CC2S(=O)(=O)C1. The van der Waals surface area contributed by atoms with Gasteiger partial charge in [0.25, 0.3) is 5.91 Å². The smallest absolute Gasteiger partial charge is 0.269 e. The molecule has 7 nitrogen and oxygen atoms in total.